The first-order chi connectivity index (χ1) is 16.8. The summed E-state index contributed by atoms with van der Waals surface area (Å²) in [6, 6.07) is 18.3. The number of nitrogens with zero attached hydrogens (tertiary/aromatic N) is 4. The smallest absolute Gasteiger partial charge is 0.254 e. The summed E-state index contributed by atoms with van der Waals surface area (Å²) in [6.45, 7) is 4.01. The Labute approximate surface area is 203 Å². The van der Waals surface area contributed by atoms with E-state index in [4.69, 9.17) is 4.98 Å². The highest BCUT2D eigenvalue weighted by Gasteiger charge is 2.30. The highest BCUT2D eigenvalue weighted by Crippen LogP contribution is 2.38. The summed E-state index contributed by atoms with van der Waals surface area (Å²) >= 11 is 1.73. The number of hydrogen-bond donors (Lipinski definition) is 0. The van der Waals surface area contributed by atoms with Crippen LogP contribution < -0.4 is 0 Å². The molecule has 6 heteroatoms. The number of piperazine rings is 1. The highest BCUT2D eigenvalue weighted by molar-refractivity contribution is 7.10. The zero-order chi connectivity index (χ0) is 22.9. The molecule has 6 rings (SSSR count). The Bertz CT molecular complexity index is 1360. The first-order valence-corrected chi connectivity index (χ1v) is 12.7. The molecule has 0 spiro atoms. The molecule has 1 aliphatic carbocycles. The molecule has 1 saturated heterocycles. The molecule has 1 aromatic carbocycles. The maximum Gasteiger partial charge on any atom is 0.254 e. The average Bonchev–Trinajstić information content (AvgIpc) is 3.54. The van der Waals surface area contributed by atoms with Crippen molar-refractivity contribution in [2.75, 3.05) is 26.2 Å². The third-order valence-electron chi connectivity index (χ3n) is 6.79. The van der Waals surface area contributed by atoms with Gasteiger partial charge in [-0.15, -0.1) is 11.3 Å². The number of carbonyl (C=O) groups is 1. The van der Waals surface area contributed by atoms with Crippen molar-refractivity contribution in [1.82, 2.24) is 19.8 Å². The number of fused-ring (bicyclic) bond motifs is 2. The molecule has 4 heterocycles. The van der Waals surface area contributed by atoms with Gasteiger partial charge in [0, 0.05) is 49.2 Å². The Morgan fingerprint density at radius 1 is 0.971 bits per heavy atom. The molecule has 170 valence electrons. The number of rotatable bonds is 4. The van der Waals surface area contributed by atoms with Gasteiger partial charge in [-0.3, -0.25) is 14.7 Å². The molecule has 1 amide bonds. The molecule has 34 heavy (non-hydrogen) atoms. The van der Waals surface area contributed by atoms with Gasteiger partial charge in [0.05, 0.1) is 22.5 Å². The predicted octanol–water partition coefficient (Wildman–Crippen LogP) is 5.14. The van der Waals surface area contributed by atoms with E-state index in [2.05, 4.69) is 39.5 Å². The standard InChI is InChI=1S/C28H26N4OS/c33-28(32-15-13-31(14-16-32)19-21-6-3-4-12-29-21)26-23-8-1-2-9-25(23)30-27-20(10-11-24(26)27)18-22-7-5-17-34-22/h1-9,12,17-18H,10-11,13-16,19H2/b20-18+. The predicted molar refractivity (Wildman–Crippen MR) is 138 cm³/mol. The first kappa shape index (κ1) is 21.2. The number of pyridine rings is 2. The lowest BCUT2D eigenvalue weighted by molar-refractivity contribution is 0.0628. The highest BCUT2D eigenvalue weighted by atomic mass is 32.1. The number of hydrogen-bond acceptors (Lipinski definition) is 5. The van der Waals surface area contributed by atoms with Crippen LogP contribution in [0.25, 0.3) is 22.6 Å². The second-order valence-corrected chi connectivity index (χ2v) is 9.88. The fourth-order valence-electron chi connectivity index (χ4n) is 5.06. The molecule has 0 atom stereocenters. The number of allylic oxidation sites excluding steroid dienone is 1. The van der Waals surface area contributed by atoms with Crippen LogP contribution in [0.2, 0.25) is 0 Å². The zero-order valence-corrected chi connectivity index (χ0v) is 19.8. The van der Waals surface area contributed by atoms with Crippen molar-refractivity contribution < 1.29 is 4.79 Å². The number of benzene rings is 1. The Morgan fingerprint density at radius 2 is 1.82 bits per heavy atom. The summed E-state index contributed by atoms with van der Waals surface area (Å²) < 4.78 is 0. The first-order valence-electron chi connectivity index (χ1n) is 11.8. The minimum absolute atomic E-state index is 0.143. The minimum atomic E-state index is 0.143. The van der Waals surface area contributed by atoms with Crippen molar-refractivity contribution in [3.8, 4) is 0 Å². The molecule has 0 radical (unpaired) electrons. The summed E-state index contributed by atoms with van der Waals surface area (Å²) in [7, 11) is 0. The summed E-state index contributed by atoms with van der Waals surface area (Å²) in [5.74, 6) is 0.143. The lowest BCUT2D eigenvalue weighted by Gasteiger charge is -2.35. The van der Waals surface area contributed by atoms with Crippen LogP contribution in [0.5, 0.6) is 0 Å². The molecule has 1 fully saturated rings. The van der Waals surface area contributed by atoms with Crippen molar-refractivity contribution >= 4 is 39.8 Å². The maximum atomic E-state index is 13.9. The minimum Gasteiger partial charge on any atom is -0.336 e. The van der Waals surface area contributed by atoms with E-state index < -0.39 is 0 Å². The van der Waals surface area contributed by atoms with Gasteiger partial charge in [-0.2, -0.15) is 0 Å². The molecular weight excluding hydrogens is 440 g/mol. The van der Waals surface area contributed by atoms with Crippen molar-refractivity contribution in [3.05, 3.63) is 93.6 Å². The van der Waals surface area contributed by atoms with Gasteiger partial charge in [-0.1, -0.05) is 30.3 Å². The fourth-order valence-corrected chi connectivity index (χ4v) is 5.74. The monoisotopic (exact) mass is 466 g/mol. The van der Waals surface area contributed by atoms with E-state index in [1.807, 2.05) is 47.5 Å². The number of aromatic nitrogens is 2. The van der Waals surface area contributed by atoms with Crippen LogP contribution in [0.4, 0.5) is 0 Å². The third-order valence-corrected chi connectivity index (χ3v) is 7.61. The maximum absolute atomic E-state index is 13.9. The van der Waals surface area contributed by atoms with Gasteiger partial charge in [0.15, 0.2) is 0 Å². The van der Waals surface area contributed by atoms with Gasteiger partial charge >= 0.3 is 0 Å². The number of thiophene rings is 1. The molecule has 1 aliphatic heterocycles. The zero-order valence-electron chi connectivity index (χ0n) is 19.0. The van der Waals surface area contributed by atoms with Crippen LogP contribution in [0.1, 0.15) is 38.6 Å². The SMILES string of the molecule is O=C(c1c2c(nc3ccccc13)/C(=C/c1cccs1)CC2)N1CCN(Cc2ccccn2)CC1. The van der Waals surface area contributed by atoms with Gasteiger partial charge in [-0.25, -0.2) is 4.98 Å². The molecule has 0 bridgehead atoms. The molecule has 4 aromatic rings. The van der Waals surface area contributed by atoms with Crippen molar-refractivity contribution in [2.45, 2.75) is 19.4 Å². The Hall–Kier alpha value is -3.35. The van der Waals surface area contributed by atoms with Gasteiger partial charge < -0.3 is 4.90 Å². The van der Waals surface area contributed by atoms with Crippen molar-refractivity contribution in [3.63, 3.8) is 0 Å². The molecule has 3 aromatic heterocycles. The topological polar surface area (TPSA) is 49.3 Å². The van der Waals surface area contributed by atoms with Crippen LogP contribution in [0, 0.1) is 0 Å². The normalized spacial score (nSPS) is 17.4. The van der Waals surface area contributed by atoms with Crippen molar-refractivity contribution in [2.24, 2.45) is 0 Å². The number of amides is 1. The molecule has 2 aliphatic rings. The Morgan fingerprint density at radius 3 is 2.62 bits per heavy atom. The summed E-state index contributed by atoms with van der Waals surface area (Å²) in [5, 5.41) is 3.07. The van der Waals surface area contributed by atoms with Gasteiger partial charge in [0.25, 0.3) is 5.91 Å². The summed E-state index contributed by atoms with van der Waals surface area (Å²) in [4.78, 5) is 29.0. The van der Waals surface area contributed by atoms with E-state index >= 15 is 0 Å². The van der Waals surface area contributed by atoms with Crippen LogP contribution in [-0.4, -0.2) is 51.9 Å². The lowest BCUT2D eigenvalue weighted by Crippen LogP contribution is -2.48. The average molecular weight is 467 g/mol. The molecule has 5 nitrogen and oxygen atoms in total. The van der Waals surface area contributed by atoms with Gasteiger partial charge in [0.2, 0.25) is 0 Å². The number of para-hydroxylation sites is 1. The largest absolute Gasteiger partial charge is 0.336 e. The van der Waals surface area contributed by atoms with Gasteiger partial charge in [-0.05, 0) is 59.7 Å². The summed E-state index contributed by atoms with van der Waals surface area (Å²) in [5.41, 5.74) is 6.18. The van der Waals surface area contributed by atoms with Crippen LogP contribution in [0.3, 0.4) is 0 Å². The van der Waals surface area contributed by atoms with Crippen molar-refractivity contribution in [1.29, 1.82) is 0 Å². The Balaban J connectivity index is 1.29. The quantitative estimate of drug-likeness (QED) is 0.418. The molecule has 0 saturated carbocycles. The van der Waals surface area contributed by atoms with E-state index in [1.54, 1.807) is 11.3 Å². The summed E-state index contributed by atoms with van der Waals surface area (Å²) in [6.07, 6.45) is 5.87. The lowest BCUT2D eigenvalue weighted by atomic mass is 9.99. The van der Waals surface area contributed by atoms with E-state index in [9.17, 15) is 4.79 Å². The van der Waals surface area contributed by atoms with Crippen LogP contribution >= 0.6 is 11.3 Å². The third kappa shape index (κ3) is 4.04. The second-order valence-electron chi connectivity index (χ2n) is 8.91. The number of carbonyl (C=O) groups excluding carboxylic acids is 1. The van der Waals surface area contributed by atoms with Crippen LogP contribution in [0.15, 0.2) is 66.2 Å². The molecular formula is C28H26N4OS. The molecule has 0 N–H and O–H groups in total. The fraction of sp³-hybridized carbons (Fsp3) is 0.250. The van der Waals surface area contributed by atoms with Crippen LogP contribution in [-0.2, 0) is 13.0 Å². The van der Waals surface area contributed by atoms with E-state index in [0.29, 0.717) is 0 Å². The Kier molecular flexibility index (Phi) is 5.69. The van der Waals surface area contributed by atoms with E-state index in [1.165, 1.54) is 10.5 Å². The van der Waals surface area contributed by atoms with Gasteiger partial charge in [0.1, 0.15) is 0 Å². The second kappa shape index (κ2) is 9.12. The van der Waals surface area contributed by atoms with E-state index in [-0.39, 0.29) is 5.91 Å². The van der Waals surface area contributed by atoms with E-state index in [0.717, 1.165) is 79.0 Å². The molecule has 0 unspecified atom stereocenters.